The number of esters is 1. The largest absolute Gasteiger partial charge is 0.469 e. The molecule has 0 aromatic heterocycles. The molecule has 1 aromatic carbocycles. The van der Waals surface area contributed by atoms with Crippen molar-refractivity contribution in [1.82, 2.24) is 5.32 Å². The zero-order chi connectivity index (χ0) is 12.3. The lowest BCUT2D eigenvalue weighted by molar-refractivity contribution is -0.147. The lowest BCUT2D eigenvalue weighted by atomic mass is 9.81. The van der Waals surface area contributed by atoms with E-state index in [1.165, 1.54) is 18.2 Å². The van der Waals surface area contributed by atoms with Crippen molar-refractivity contribution < 1.29 is 9.53 Å². The third-order valence-electron chi connectivity index (χ3n) is 3.49. The van der Waals surface area contributed by atoms with Crippen LogP contribution in [0.2, 0.25) is 0 Å². The van der Waals surface area contributed by atoms with Gasteiger partial charge in [0.15, 0.2) is 0 Å². The Hall–Kier alpha value is -1.35. The Labute approximate surface area is 102 Å². The Morgan fingerprint density at radius 2 is 2.06 bits per heavy atom. The van der Waals surface area contributed by atoms with E-state index in [1.807, 2.05) is 0 Å². The molecular weight excluding hydrogens is 214 g/mol. The number of hydrogen-bond acceptors (Lipinski definition) is 3. The van der Waals surface area contributed by atoms with Gasteiger partial charge in [0.25, 0.3) is 0 Å². The van der Waals surface area contributed by atoms with Crippen LogP contribution in [0.1, 0.15) is 23.5 Å². The van der Waals surface area contributed by atoms with Gasteiger partial charge in [-0.05, 0) is 25.5 Å². The number of benzene rings is 1. The van der Waals surface area contributed by atoms with Gasteiger partial charge in [0.05, 0.1) is 13.0 Å². The second kappa shape index (κ2) is 5.32. The van der Waals surface area contributed by atoms with Crippen molar-refractivity contribution in [2.75, 3.05) is 20.2 Å². The van der Waals surface area contributed by atoms with Crippen LogP contribution in [-0.2, 0) is 9.53 Å². The van der Waals surface area contributed by atoms with Crippen LogP contribution in [0.25, 0.3) is 0 Å². The lowest BCUT2D eigenvalue weighted by Crippen LogP contribution is -2.39. The summed E-state index contributed by atoms with van der Waals surface area (Å²) in [5.74, 6) is 0.137. The van der Waals surface area contributed by atoms with Crippen LogP contribution in [0.3, 0.4) is 0 Å². The van der Waals surface area contributed by atoms with E-state index in [0.717, 1.165) is 19.5 Å². The van der Waals surface area contributed by atoms with Gasteiger partial charge in [-0.3, -0.25) is 4.79 Å². The summed E-state index contributed by atoms with van der Waals surface area (Å²) in [7, 11) is 1.47. The minimum Gasteiger partial charge on any atom is -0.469 e. The molecule has 2 rings (SSSR count). The Morgan fingerprint density at radius 1 is 1.35 bits per heavy atom. The first-order valence-corrected chi connectivity index (χ1v) is 6.07. The molecule has 1 N–H and O–H groups in total. The van der Waals surface area contributed by atoms with Crippen LogP contribution >= 0.6 is 0 Å². The maximum absolute atomic E-state index is 11.8. The number of hydrogen-bond donors (Lipinski definition) is 1. The summed E-state index contributed by atoms with van der Waals surface area (Å²) < 4.78 is 4.90. The topological polar surface area (TPSA) is 38.3 Å². The van der Waals surface area contributed by atoms with Gasteiger partial charge in [0.1, 0.15) is 0 Å². The molecule has 17 heavy (non-hydrogen) atoms. The van der Waals surface area contributed by atoms with E-state index in [-0.39, 0.29) is 17.8 Å². The number of ether oxygens (including phenoxy) is 1. The standard InChI is InChI=1S/C14H19NO2/c1-10-3-5-11(6-4-10)13-9-15-8-7-12(13)14(16)17-2/h3-6,12-13,15H,7-9H2,1-2H3. The molecular formula is C14H19NO2. The van der Waals surface area contributed by atoms with Gasteiger partial charge < -0.3 is 10.1 Å². The van der Waals surface area contributed by atoms with Crippen LogP contribution < -0.4 is 5.32 Å². The Balaban J connectivity index is 2.21. The van der Waals surface area contributed by atoms with Crippen molar-refractivity contribution in [1.29, 1.82) is 0 Å². The van der Waals surface area contributed by atoms with Gasteiger partial charge in [-0.2, -0.15) is 0 Å². The zero-order valence-corrected chi connectivity index (χ0v) is 10.4. The summed E-state index contributed by atoms with van der Waals surface area (Å²) >= 11 is 0. The van der Waals surface area contributed by atoms with Gasteiger partial charge >= 0.3 is 5.97 Å². The molecule has 1 aliphatic heterocycles. The van der Waals surface area contributed by atoms with Crippen molar-refractivity contribution in [3.8, 4) is 0 Å². The quantitative estimate of drug-likeness (QED) is 0.792. The van der Waals surface area contributed by atoms with Crippen LogP contribution in [0, 0.1) is 12.8 Å². The number of piperidine rings is 1. The number of methoxy groups -OCH3 is 1. The third-order valence-corrected chi connectivity index (χ3v) is 3.49. The molecule has 0 radical (unpaired) electrons. The highest BCUT2D eigenvalue weighted by molar-refractivity contribution is 5.73. The summed E-state index contributed by atoms with van der Waals surface area (Å²) in [6.07, 6.45) is 0.852. The molecule has 0 bridgehead atoms. The highest BCUT2D eigenvalue weighted by Gasteiger charge is 2.32. The molecule has 0 aliphatic carbocycles. The maximum Gasteiger partial charge on any atom is 0.309 e. The predicted molar refractivity (Wildman–Crippen MR) is 66.9 cm³/mol. The van der Waals surface area contributed by atoms with E-state index in [4.69, 9.17) is 4.74 Å². The molecule has 1 aromatic rings. The van der Waals surface area contributed by atoms with E-state index >= 15 is 0 Å². The molecule has 0 amide bonds. The average Bonchev–Trinajstić information content (AvgIpc) is 2.39. The average molecular weight is 233 g/mol. The zero-order valence-electron chi connectivity index (χ0n) is 10.4. The number of rotatable bonds is 2. The lowest BCUT2D eigenvalue weighted by Gasteiger charge is -2.30. The molecule has 1 saturated heterocycles. The van der Waals surface area contributed by atoms with E-state index in [9.17, 15) is 4.79 Å². The highest BCUT2D eigenvalue weighted by atomic mass is 16.5. The number of carbonyl (C=O) groups is 1. The first kappa shape index (κ1) is 12.1. The Bertz CT molecular complexity index is 386. The number of aryl methyl sites for hydroxylation is 1. The first-order valence-electron chi connectivity index (χ1n) is 6.07. The molecule has 2 unspecified atom stereocenters. The molecule has 1 heterocycles. The van der Waals surface area contributed by atoms with Gasteiger partial charge in [0.2, 0.25) is 0 Å². The van der Waals surface area contributed by atoms with E-state index in [2.05, 4.69) is 36.5 Å². The van der Waals surface area contributed by atoms with Crippen molar-refractivity contribution in [2.45, 2.75) is 19.3 Å². The fourth-order valence-corrected chi connectivity index (χ4v) is 2.46. The van der Waals surface area contributed by atoms with E-state index in [0.29, 0.717) is 0 Å². The second-order valence-corrected chi connectivity index (χ2v) is 4.64. The smallest absolute Gasteiger partial charge is 0.309 e. The molecule has 3 heteroatoms. The third kappa shape index (κ3) is 2.67. The molecule has 3 nitrogen and oxygen atoms in total. The molecule has 2 atom stereocenters. The SMILES string of the molecule is COC(=O)C1CCNCC1c1ccc(C)cc1. The van der Waals surface area contributed by atoms with Crippen molar-refractivity contribution >= 4 is 5.97 Å². The Kier molecular flexibility index (Phi) is 3.79. The van der Waals surface area contributed by atoms with E-state index in [1.54, 1.807) is 0 Å². The first-order chi connectivity index (χ1) is 8.22. The van der Waals surface area contributed by atoms with Crippen LogP contribution in [-0.4, -0.2) is 26.2 Å². The van der Waals surface area contributed by atoms with E-state index < -0.39 is 0 Å². The Morgan fingerprint density at radius 3 is 2.71 bits per heavy atom. The van der Waals surface area contributed by atoms with Crippen molar-refractivity contribution in [3.63, 3.8) is 0 Å². The summed E-state index contributed by atoms with van der Waals surface area (Å²) in [6.45, 7) is 3.81. The van der Waals surface area contributed by atoms with Gasteiger partial charge in [-0.15, -0.1) is 0 Å². The van der Waals surface area contributed by atoms with Crippen LogP contribution in [0.15, 0.2) is 24.3 Å². The normalized spacial score (nSPS) is 24.4. The summed E-state index contributed by atoms with van der Waals surface area (Å²) in [6, 6.07) is 8.42. The summed E-state index contributed by atoms with van der Waals surface area (Å²) in [4.78, 5) is 11.8. The fraction of sp³-hybridized carbons (Fsp3) is 0.500. The molecule has 1 fully saturated rings. The summed E-state index contributed by atoms with van der Waals surface area (Å²) in [5.41, 5.74) is 2.46. The van der Waals surface area contributed by atoms with Gasteiger partial charge in [-0.1, -0.05) is 29.8 Å². The molecule has 0 saturated carbocycles. The minimum atomic E-state index is -0.0860. The summed E-state index contributed by atoms with van der Waals surface area (Å²) in [5, 5.41) is 3.35. The van der Waals surface area contributed by atoms with Gasteiger partial charge in [-0.25, -0.2) is 0 Å². The highest BCUT2D eigenvalue weighted by Crippen LogP contribution is 2.30. The monoisotopic (exact) mass is 233 g/mol. The maximum atomic E-state index is 11.8. The predicted octanol–water partition coefficient (Wildman–Crippen LogP) is 1.86. The number of nitrogens with one attached hydrogen (secondary N) is 1. The molecule has 92 valence electrons. The fourth-order valence-electron chi connectivity index (χ4n) is 2.46. The van der Waals surface area contributed by atoms with Crippen molar-refractivity contribution in [3.05, 3.63) is 35.4 Å². The van der Waals surface area contributed by atoms with Gasteiger partial charge in [0, 0.05) is 12.5 Å². The van der Waals surface area contributed by atoms with Crippen LogP contribution in [0.4, 0.5) is 0 Å². The molecule has 1 aliphatic rings. The minimum absolute atomic E-state index is 0.0102. The second-order valence-electron chi connectivity index (χ2n) is 4.64. The molecule has 0 spiro atoms. The van der Waals surface area contributed by atoms with Crippen molar-refractivity contribution in [2.24, 2.45) is 5.92 Å². The number of carbonyl (C=O) groups excluding carboxylic acids is 1. The van der Waals surface area contributed by atoms with Crippen LogP contribution in [0.5, 0.6) is 0 Å².